The van der Waals surface area contributed by atoms with Crippen molar-refractivity contribution in [2.75, 3.05) is 19.6 Å². The molecule has 0 unspecified atom stereocenters. The summed E-state index contributed by atoms with van der Waals surface area (Å²) in [4.78, 5) is 11.7. The van der Waals surface area contributed by atoms with Gasteiger partial charge in [0.05, 0.1) is 6.42 Å². The number of benzene rings is 1. The Hall–Kier alpha value is -1.42. The predicted molar refractivity (Wildman–Crippen MR) is 73.3 cm³/mol. The molecule has 0 atom stereocenters. The maximum atomic E-state index is 13.0. The van der Waals surface area contributed by atoms with Crippen LogP contribution in [0, 0.1) is 11.7 Å². The van der Waals surface area contributed by atoms with Crippen LogP contribution >= 0.6 is 0 Å². The highest BCUT2D eigenvalue weighted by Gasteiger charge is 2.12. The van der Waals surface area contributed by atoms with Crippen LogP contribution in [0.4, 0.5) is 4.39 Å². The van der Waals surface area contributed by atoms with Crippen molar-refractivity contribution in [3.8, 4) is 0 Å². The van der Waals surface area contributed by atoms with Crippen LogP contribution in [0.1, 0.15) is 24.8 Å². The van der Waals surface area contributed by atoms with Gasteiger partial charge in [0, 0.05) is 6.54 Å². The molecule has 2 rings (SSSR count). The molecule has 0 bridgehead atoms. The first-order chi connectivity index (χ1) is 9.24. The lowest BCUT2D eigenvalue weighted by Gasteiger charge is -2.22. The van der Waals surface area contributed by atoms with Crippen LogP contribution in [-0.4, -0.2) is 25.5 Å². The lowest BCUT2D eigenvalue weighted by atomic mass is 9.95. The van der Waals surface area contributed by atoms with Crippen molar-refractivity contribution in [2.24, 2.45) is 5.92 Å². The summed E-state index contributed by atoms with van der Waals surface area (Å²) in [6.07, 6.45) is 3.68. The van der Waals surface area contributed by atoms with Gasteiger partial charge in [0.25, 0.3) is 0 Å². The molecule has 1 amide bonds. The minimum atomic E-state index is -0.292. The molecule has 19 heavy (non-hydrogen) atoms. The summed E-state index contributed by atoms with van der Waals surface area (Å²) in [7, 11) is 0. The summed E-state index contributed by atoms with van der Waals surface area (Å²) in [6, 6.07) is 6.20. The average Bonchev–Trinajstić information content (AvgIpc) is 2.40. The first-order valence-electron chi connectivity index (χ1n) is 6.96. The summed E-state index contributed by atoms with van der Waals surface area (Å²) in [5, 5.41) is 6.25. The normalized spacial score (nSPS) is 16.3. The minimum absolute atomic E-state index is 0.0282. The van der Waals surface area contributed by atoms with E-state index in [-0.39, 0.29) is 18.1 Å². The van der Waals surface area contributed by atoms with Crippen molar-refractivity contribution >= 4 is 5.91 Å². The van der Waals surface area contributed by atoms with Crippen LogP contribution in [0.5, 0.6) is 0 Å². The summed E-state index contributed by atoms with van der Waals surface area (Å²) in [6.45, 7) is 2.89. The highest BCUT2D eigenvalue weighted by Crippen LogP contribution is 2.14. The van der Waals surface area contributed by atoms with E-state index in [0.29, 0.717) is 0 Å². The first kappa shape index (κ1) is 14.0. The lowest BCUT2D eigenvalue weighted by molar-refractivity contribution is -0.120. The molecule has 1 aliphatic heterocycles. The Labute approximate surface area is 113 Å². The molecule has 104 valence electrons. The van der Waals surface area contributed by atoms with Crippen molar-refractivity contribution in [3.63, 3.8) is 0 Å². The summed E-state index contributed by atoms with van der Waals surface area (Å²) in [5.74, 6) is 0.398. The van der Waals surface area contributed by atoms with Gasteiger partial charge in [-0.25, -0.2) is 4.39 Å². The molecule has 0 spiro atoms. The van der Waals surface area contributed by atoms with E-state index in [0.717, 1.165) is 37.5 Å². The summed E-state index contributed by atoms with van der Waals surface area (Å²) in [5.41, 5.74) is 0.722. The van der Waals surface area contributed by atoms with Gasteiger partial charge in [-0.2, -0.15) is 0 Å². The third kappa shape index (κ3) is 4.99. The fourth-order valence-corrected chi connectivity index (χ4v) is 2.48. The molecule has 3 nitrogen and oxygen atoms in total. The van der Waals surface area contributed by atoms with Gasteiger partial charge in [-0.1, -0.05) is 12.1 Å². The Bertz CT molecular complexity index is 416. The van der Waals surface area contributed by atoms with Gasteiger partial charge >= 0.3 is 0 Å². The predicted octanol–water partition coefficient (Wildman–Crippen LogP) is 1.87. The molecule has 1 aromatic carbocycles. The highest BCUT2D eigenvalue weighted by molar-refractivity contribution is 5.78. The molecule has 0 saturated carbocycles. The molecule has 0 aliphatic carbocycles. The largest absolute Gasteiger partial charge is 0.356 e. The minimum Gasteiger partial charge on any atom is -0.356 e. The van der Waals surface area contributed by atoms with Gasteiger partial charge in [-0.05, 0) is 56.0 Å². The second-order valence-electron chi connectivity index (χ2n) is 5.14. The fourth-order valence-electron chi connectivity index (χ4n) is 2.48. The summed E-state index contributed by atoms with van der Waals surface area (Å²) < 4.78 is 13.0. The van der Waals surface area contributed by atoms with Crippen LogP contribution in [-0.2, 0) is 11.2 Å². The number of hydrogen-bond acceptors (Lipinski definition) is 2. The van der Waals surface area contributed by atoms with E-state index in [9.17, 15) is 9.18 Å². The maximum absolute atomic E-state index is 13.0. The van der Waals surface area contributed by atoms with Crippen molar-refractivity contribution < 1.29 is 9.18 Å². The van der Waals surface area contributed by atoms with Gasteiger partial charge in [0.1, 0.15) is 5.82 Å². The SMILES string of the molecule is O=C(Cc1cccc(F)c1)NCCC1CCNCC1. The average molecular weight is 264 g/mol. The monoisotopic (exact) mass is 264 g/mol. The van der Waals surface area contributed by atoms with Gasteiger partial charge in [-0.15, -0.1) is 0 Å². The quantitative estimate of drug-likeness (QED) is 0.852. The Morgan fingerprint density at radius 1 is 1.37 bits per heavy atom. The zero-order valence-electron chi connectivity index (χ0n) is 11.1. The molecule has 0 radical (unpaired) electrons. The number of halogens is 1. The number of carbonyl (C=O) groups excluding carboxylic acids is 1. The molecule has 1 aromatic rings. The van der Waals surface area contributed by atoms with Crippen molar-refractivity contribution in [1.29, 1.82) is 0 Å². The zero-order chi connectivity index (χ0) is 13.5. The highest BCUT2D eigenvalue weighted by atomic mass is 19.1. The van der Waals surface area contributed by atoms with Crippen molar-refractivity contribution in [3.05, 3.63) is 35.6 Å². The van der Waals surface area contributed by atoms with E-state index in [4.69, 9.17) is 0 Å². The van der Waals surface area contributed by atoms with Crippen LogP contribution in [0.3, 0.4) is 0 Å². The van der Waals surface area contributed by atoms with E-state index in [2.05, 4.69) is 10.6 Å². The van der Waals surface area contributed by atoms with E-state index in [1.54, 1.807) is 12.1 Å². The van der Waals surface area contributed by atoms with Crippen LogP contribution < -0.4 is 10.6 Å². The molecule has 2 N–H and O–H groups in total. The van der Waals surface area contributed by atoms with Gasteiger partial charge in [0.15, 0.2) is 0 Å². The molecule has 1 saturated heterocycles. The number of rotatable bonds is 5. The van der Waals surface area contributed by atoms with Crippen LogP contribution in [0.2, 0.25) is 0 Å². The van der Waals surface area contributed by atoms with Gasteiger partial charge in [0.2, 0.25) is 5.91 Å². The Balaban J connectivity index is 1.67. The third-order valence-electron chi connectivity index (χ3n) is 3.59. The summed E-state index contributed by atoms with van der Waals surface area (Å²) >= 11 is 0. The van der Waals surface area contributed by atoms with E-state index in [1.165, 1.54) is 25.0 Å². The van der Waals surface area contributed by atoms with Crippen LogP contribution in [0.25, 0.3) is 0 Å². The molecule has 1 aliphatic rings. The Morgan fingerprint density at radius 3 is 2.89 bits per heavy atom. The smallest absolute Gasteiger partial charge is 0.224 e. The van der Waals surface area contributed by atoms with Gasteiger partial charge in [-0.3, -0.25) is 4.79 Å². The van der Waals surface area contributed by atoms with Gasteiger partial charge < -0.3 is 10.6 Å². The van der Waals surface area contributed by atoms with E-state index < -0.39 is 0 Å². The first-order valence-corrected chi connectivity index (χ1v) is 6.96. The fraction of sp³-hybridized carbons (Fsp3) is 0.533. The molecule has 4 heteroatoms. The number of hydrogen-bond donors (Lipinski definition) is 2. The number of amides is 1. The standard InChI is InChI=1S/C15H21FN2O/c16-14-3-1-2-13(10-14)11-15(19)18-9-6-12-4-7-17-8-5-12/h1-3,10,12,17H,4-9,11H2,(H,18,19). The second-order valence-corrected chi connectivity index (χ2v) is 5.14. The zero-order valence-corrected chi connectivity index (χ0v) is 11.1. The molecular formula is C15H21FN2O. The number of piperidine rings is 1. The Morgan fingerprint density at radius 2 is 2.16 bits per heavy atom. The van der Waals surface area contributed by atoms with E-state index >= 15 is 0 Å². The maximum Gasteiger partial charge on any atom is 0.224 e. The van der Waals surface area contributed by atoms with E-state index in [1.807, 2.05) is 0 Å². The lowest BCUT2D eigenvalue weighted by Crippen LogP contribution is -2.31. The molecule has 1 fully saturated rings. The van der Waals surface area contributed by atoms with Crippen molar-refractivity contribution in [2.45, 2.75) is 25.7 Å². The Kier molecular flexibility index (Phi) is 5.33. The third-order valence-corrected chi connectivity index (χ3v) is 3.59. The molecular weight excluding hydrogens is 243 g/mol. The van der Waals surface area contributed by atoms with Crippen LogP contribution in [0.15, 0.2) is 24.3 Å². The van der Waals surface area contributed by atoms with Crippen molar-refractivity contribution in [1.82, 2.24) is 10.6 Å². The molecule has 0 aromatic heterocycles. The second kappa shape index (κ2) is 7.24. The number of carbonyl (C=O) groups is 1. The number of nitrogens with one attached hydrogen (secondary N) is 2. The molecule has 1 heterocycles. The topological polar surface area (TPSA) is 41.1 Å².